The van der Waals surface area contributed by atoms with Gasteiger partial charge in [-0.3, -0.25) is 14.1 Å². The number of rotatable bonds is 6. The minimum atomic E-state index is 0.658. The molecule has 0 saturated carbocycles. The van der Waals surface area contributed by atoms with E-state index >= 15 is 0 Å². The fourth-order valence-corrected chi connectivity index (χ4v) is 3.94. The summed E-state index contributed by atoms with van der Waals surface area (Å²) < 4.78 is 3.93. The van der Waals surface area contributed by atoms with E-state index in [0.29, 0.717) is 5.92 Å². The van der Waals surface area contributed by atoms with Gasteiger partial charge in [0, 0.05) is 52.5 Å². The molecule has 1 fully saturated rings. The molecule has 0 amide bonds. The summed E-state index contributed by atoms with van der Waals surface area (Å²) in [5.74, 6) is 2.66. The average Bonchev–Trinajstić information content (AvgIpc) is 3.43. The summed E-state index contributed by atoms with van der Waals surface area (Å²) in [5, 5.41) is 16.3. The lowest BCUT2D eigenvalue weighted by molar-refractivity contribution is 0.459. The van der Waals surface area contributed by atoms with E-state index in [1.54, 1.807) is 0 Å². The third-order valence-corrected chi connectivity index (χ3v) is 5.32. The molecule has 4 heterocycles. The second-order valence-electron chi connectivity index (χ2n) is 7.45. The number of hydrogen-bond acceptors (Lipinski definition) is 4. The molecule has 1 atom stereocenters. The highest BCUT2D eigenvalue weighted by molar-refractivity contribution is 5.80. The van der Waals surface area contributed by atoms with Gasteiger partial charge < -0.3 is 10.2 Å². The van der Waals surface area contributed by atoms with Crippen molar-refractivity contribution in [1.29, 1.82) is 0 Å². The van der Waals surface area contributed by atoms with E-state index in [2.05, 4.69) is 41.1 Å². The van der Waals surface area contributed by atoms with Gasteiger partial charge in [0.05, 0.1) is 6.20 Å². The number of nitrogens with one attached hydrogen (secondary N) is 1. The normalized spacial score (nSPS) is 17.6. The van der Waals surface area contributed by atoms with Crippen molar-refractivity contribution in [3.8, 4) is 0 Å². The van der Waals surface area contributed by atoms with Gasteiger partial charge in [-0.05, 0) is 42.9 Å². The Hall–Kier alpha value is -2.90. The maximum absolute atomic E-state index is 4.48. The van der Waals surface area contributed by atoms with Gasteiger partial charge in [-0.1, -0.05) is 6.07 Å². The number of aromatic nitrogens is 5. The van der Waals surface area contributed by atoms with Gasteiger partial charge in [-0.25, -0.2) is 0 Å². The molecule has 1 unspecified atom stereocenters. The second-order valence-corrected chi connectivity index (χ2v) is 7.45. The van der Waals surface area contributed by atoms with E-state index in [4.69, 9.17) is 0 Å². The predicted octanol–water partition coefficient (Wildman–Crippen LogP) is 1.54. The van der Waals surface area contributed by atoms with Crippen LogP contribution in [0.4, 0.5) is 0 Å². The second kappa shape index (κ2) is 8.41. The Balaban J connectivity index is 1.24. The molecular weight excluding hydrogens is 352 g/mol. The van der Waals surface area contributed by atoms with Crippen LogP contribution in [0.5, 0.6) is 0 Å². The summed E-state index contributed by atoms with van der Waals surface area (Å²) in [6, 6.07) is 5.97. The highest BCUT2D eigenvalue weighted by Crippen LogP contribution is 2.20. The van der Waals surface area contributed by atoms with Gasteiger partial charge in [0.2, 0.25) is 0 Å². The molecule has 0 bridgehead atoms. The third kappa shape index (κ3) is 4.16. The number of aryl methyl sites for hydroxylation is 2. The first-order chi connectivity index (χ1) is 13.7. The SMILES string of the molecule is CN=C(NCCCc1nnc2ccccn12)N1CCC(Cc2cnn(C)c2)C1. The number of fused-ring (bicyclic) bond motifs is 1. The largest absolute Gasteiger partial charge is 0.356 e. The molecule has 3 aromatic heterocycles. The molecule has 28 heavy (non-hydrogen) atoms. The highest BCUT2D eigenvalue weighted by atomic mass is 15.3. The zero-order valence-electron chi connectivity index (χ0n) is 16.6. The molecule has 0 spiro atoms. The van der Waals surface area contributed by atoms with Crippen molar-refractivity contribution in [2.24, 2.45) is 18.0 Å². The molecule has 4 rings (SSSR count). The fraction of sp³-hybridized carbons (Fsp3) is 0.500. The molecule has 1 aliphatic heterocycles. The van der Waals surface area contributed by atoms with Crippen molar-refractivity contribution in [3.63, 3.8) is 0 Å². The Labute approximate surface area is 165 Å². The summed E-state index contributed by atoms with van der Waals surface area (Å²) in [6.45, 7) is 2.97. The monoisotopic (exact) mass is 380 g/mol. The topological polar surface area (TPSA) is 75.6 Å². The van der Waals surface area contributed by atoms with Gasteiger partial charge in [0.25, 0.3) is 0 Å². The van der Waals surface area contributed by atoms with Gasteiger partial charge in [-0.15, -0.1) is 10.2 Å². The van der Waals surface area contributed by atoms with Gasteiger partial charge in [0.1, 0.15) is 5.82 Å². The van der Waals surface area contributed by atoms with Crippen molar-refractivity contribution in [1.82, 2.24) is 34.6 Å². The summed E-state index contributed by atoms with van der Waals surface area (Å²) in [7, 11) is 3.83. The summed E-state index contributed by atoms with van der Waals surface area (Å²) in [4.78, 5) is 6.85. The molecule has 0 radical (unpaired) electrons. The number of likely N-dealkylation sites (tertiary alicyclic amines) is 1. The van der Waals surface area contributed by atoms with Crippen LogP contribution < -0.4 is 5.32 Å². The minimum absolute atomic E-state index is 0.658. The van der Waals surface area contributed by atoms with Crippen LogP contribution in [0.15, 0.2) is 41.8 Å². The van der Waals surface area contributed by atoms with Crippen LogP contribution in [0.1, 0.15) is 24.2 Å². The maximum atomic E-state index is 4.48. The lowest BCUT2D eigenvalue weighted by Gasteiger charge is -2.21. The van der Waals surface area contributed by atoms with Crippen molar-refractivity contribution < 1.29 is 0 Å². The first-order valence-electron chi connectivity index (χ1n) is 9.94. The molecular formula is C20H28N8. The first-order valence-corrected chi connectivity index (χ1v) is 9.94. The summed E-state index contributed by atoms with van der Waals surface area (Å²) >= 11 is 0. The highest BCUT2D eigenvalue weighted by Gasteiger charge is 2.25. The Morgan fingerprint density at radius 2 is 2.25 bits per heavy atom. The first kappa shape index (κ1) is 18.5. The molecule has 8 nitrogen and oxygen atoms in total. The lowest BCUT2D eigenvalue weighted by Crippen LogP contribution is -2.40. The molecule has 1 aliphatic rings. The van der Waals surface area contributed by atoms with E-state index in [-0.39, 0.29) is 0 Å². The van der Waals surface area contributed by atoms with Crippen molar-refractivity contribution in [2.75, 3.05) is 26.7 Å². The van der Waals surface area contributed by atoms with Crippen LogP contribution in [-0.4, -0.2) is 61.9 Å². The number of aliphatic imine (C=N–C) groups is 1. The minimum Gasteiger partial charge on any atom is -0.356 e. The maximum Gasteiger partial charge on any atom is 0.193 e. The van der Waals surface area contributed by atoms with Gasteiger partial charge in [0.15, 0.2) is 11.6 Å². The van der Waals surface area contributed by atoms with Crippen LogP contribution in [0.3, 0.4) is 0 Å². The molecule has 148 valence electrons. The quantitative estimate of drug-likeness (QED) is 0.399. The molecule has 0 aliphatic carbocycles. The van der Waals surface area contributed by atoms with E-state index in [0.717, 1.165) is 56.3 Å². The Bertz CT molecular complexity index is 940. The van der Waals surface area contributed by atoms with E-state index in [1.165, 1.54) is 12.0 Å². The summed E-state index contributed by atoms with van der Waals surface area (Å²) in [5.41, 5.74) is 2.22. The Morgan fingerprint density at radius 1 is 1.32 bits per heavy atom. The van der Waals surface area contributed by atoms with E-state index in [9.17, 15) is 0 Å². The Kier molecular flexibility index (Phi) is 5.55. The molecule has 1 N–H and O–H groups in total. The molecule has 8 heteroatoms. The van der Waals surface area contributed by atoms with E-state index in [1.807, 2.05) is 49.4 Å². The zero-order chi connectivity index (χ0) is 19.3. The third-order valence-electron chi connectivity index (χ3n) is 5.32. The molecule has 1 saturated heterocycles. The van der Waals surface area contributed by atoms with Crippen molar-refractivity contribution in [2.45, 2.75) is 25.7 Å². The molecule has 0 aromatic carbocycles. The van der Waals surface area contributed by atoms with Crippen LogP contribution in [0.2, 0.25) is 0 Å². The number of pyridine rings is 1. The van der Waals surface area contributed by atoms with Crippen molar-refractivity contribution in [3.05, 3.63) is 48.2 Å². The average molecular weight is 381 g/mol. The van der Waals surface area contributed by atoms with E-state index < -0.39 is 0 Å². The van der Waals surface area contributed by atoms with Crippen molar-refractivity contribution >= 4 is 11.6 Å². The molecule has 3 aromatic rings. The van der Waals surface area contributed by atoms with Crippen LogP contribution in [0.25, 0.3) is 5.65 Å². The van der Waals surface area contributed by atoms with Crippen LogP contribution in [0, 0.1) is 5.92 Å². The standard InChI is InChI=1S/C20H28N8/c1-21-20(27-11-8-16(15-27)12-17-13-23-26(2)14-17)22-9-5-7-19-25-24-18-6-3-4-10-28(18)19/h3-4,6,10,13-14,16H,5,7-9,11-12,15H2,1-2H3,(H,21,22). The number of hydrogen-bond donors (Lipinski definition) is 1. The number of guanidine groups is 1. The Morgan fingerprint density at radius 3 is 3.07 bits per heavy atom. The van der Waals surface area contributed by atoms with Crippen LogP contribution >= 0.6 is 0 Å². The fourth-order valence-electron chi connectivity index (χ4n) is 3.94. The predicted molar refractivity (Wildman–Crippen MR) is 109 cm³/mol. The lowest BCUT2D eigenvalue weighted by atomic mass is 10.0. The smallest absolute Gasteiger partial charge is 0.193 e. The summed E-state index contributed by atoms with van der Waals surface area (Å²) in [6.07, 6.45) is 10.3. The van der Waals surface area contributed by atoms with Gasteiger partial charge in [-0.2, -0.15) is 5.10 Å². The zero-order valence-corrected chi connectivity index (χ0v) is 16.6. The number of nitrogens with zero attached hydrogens (tertiary/aromatic N) is 7. The van der Waals surface area contributed by atoms with Gasteiger partial charge >= 0.3 is 0 Å². The van der Waals surface area contributed by atoms with Crippen LogP contribution in [-0.2, 0) is 19.9 Å².